The highest BCUT2D eigenvalue weighted by molar-refractivity contribution is 5.06. The Balaban J connectivity index is 2.48. The van der Waals surface area contributed by atoms with E-state index in [9.17, 15) is 0 Å². The molecule has 0 unspecified atom stereocenters. The second kappa shape index (κ2) is 2.97. The summed E-state index contributed by atoms with van der Waals surface area (Å²) >= 11 is 0. The molecule has 0 fully saturated rings. The van der Waals surface area contributed by atoms with E-state index in [2.05, 4.69) is 4.98 Å². The van der Waals surface area contributed by atoms with Gasteiger partial charge in [-0.15, -0.1) is 0 Å². The van der Waals surface area contributed by atoms with Crippen LogP contribution in [0, 0.1) is 0 Å². The van der Waals surface area contributed by atoms with Crippen molar-refractivity contribution in [1.82, 2.24) is 4.98 Å². The molecule has 0 saturated carbocycles. The van der Waals surface area contributed by atoms with Crippen molar-refractivity contribution in [3.8, 4) is 0 Å². The third-order valence-corrected chi connectivity index (χ3v) is 1.11. The fraction of sp³-hybridized carbons (Fsp3) is 0.143. The summed E-state index contributed by atoms with van der Waals surface area (Å²) in [6, 6.07) is 3.90. The minimum atomic E-state index is 0.767. The van der Waals surface area contributed by atoms with E-state index in [1.807, 2.05) is 18.3 Å². The van der Waals surface area contributed by atoms with E-state index in [1.165, 1.54) is 0 Å². The molecular formula is C7H9NO. The Hall–Kier alpha value is -1.18. The Morgan fingerprint density at radius 3 is 3.11 bits per heavy atom. The molecule has 1 aromatic heterocycles. The highest BCUT2D eigenvalue weighted by atomic mass is 16.2. The van der Waals surface area contributed by atoms with Gasteiger partial charge in [-0.05, 0) is 18.2 Å². The average molecular weight is 123 g/mol. The Labute approximate surface area is 53.8 Å². The first kappa shape index (κ1) is 5.95. The second-order valence-electron chi connectivity index (χ2n) is 1.78. The van der Waals surface area contributed by atoms with Crippen molar-refractivity contribution >= 4 is 0 Å². The number of aromatic amines is 1. The molecule has 2 N–H and O–H groups in total. The lowest BCUT2D eigenvalue weighted by Gasteiger charge is -1.84. The van der Waals surface area contributed by atoms with Crippen LogP contribution in [0.25, 0.3) is 0 Å². The van der Waals surface area contributed by atoms with Crippen LogP contribution in [0.4, 0.5) is 0 Å². The number of allylic oxidation sites excluding steroid dienone is 1. The molecule has 0 spiro atoms. The van der Waals surface area contributed by atoms with Crippen molar-refractivity contribution < 1.29 is 5.11 Å². The first-order chi connectivity index (χ1) is 4.43. The molecule has 1 heterocycles. The van der Waals surface area contributed by atoms with Gasteiger partial charge in [0.1, 0.15) is 0 Å². The quantitative estimate of drug-likeness (QED) is 0.576. The molecule has 48 valence electrons. The van der Waals surface area contributed by atoms with Crippen LogP contribution in [0.2, 0.25) is 0 Å². The van der Waals surface area contributed by atoms with Gasteiger partial charge >= 0.3 is 0 Å². The zero-order chi connectivity index (χ0) is 6.53. The largest absolute Gasteiger partial charge is 0.516 e. The van der Waals surface area contributed by atoms with Gasteiger partial charge in [0.25, 0.3) is 0 Å². The number of nitrogens with one attached hydrogen (secondary N) is 1. The van der Waals surface area contributed by atoms with E-state index in [4.69, 9.17) is 5.11 Å². The van der Waals surface area contributed by atoms with Gasteiger partial charge in [-0.25, -0.2) is 0 Å². The Bertz CT molecular complexity index is 177. The molecular weight excluding hydrogens is 114 g/mol. The van der Waals surface area contributed by atoms with Crippen molar-refractivity contribution in [2.75, 3.05) is 0 Å². The zero-order valence-corrected chi connectivity index (χ0v) is 5.04. The normalized spacial score (nSPS) is 10.7. The Kier molecular flexibility index (Phi) is 1.96. The van der Waals surface area contributed by atoms with Crippen molar-refractivity contribution in [2.24, 2.45) is 0 Å². The molecule has 2 nitrogen and oxygen atoms in total. The molecule has 9 heavy (non-hydrogen) atoms. The molecule has 2 heteroatoms. The van der Waals surface area contributed by atoms with E-state index in [-0.39, 0.29) is 0 Å². The monoisotopic (exact) mass is 123 g/mol. The molecule has 0 amide bonds. The van der Waals surface area contributed by atoms with E-state index >= 15 is 0 Å². The predicted molar refractivity (Wildman–Crippen MR) is 36.3 cm³/mol. The highest BCUT2D eigenvalue weighted by Crippen LogP contribution is 1.94. The van der Waals surface area contributed by atoms with Gasteiger partial charge in [0, 0.05) is 18.3 Å². The summed E-state index contributed by atoms with van der Waals surface area (Å²) in [7, 11) is 0. The third kappa shape index (κ3) is 1.64. The van der Waals surface area contributed by atoms with Crippen LogP contribution in [0.5, 0.6) is 0 Å². The number of hydrogen-bond donors (Lipinski definition) is 2. The van der Waals surface area contributed by atoms with Gasteiger partial charge in [0.2, 0.25) is 0 Å². The number of H-pyrrole nitrogens is 1. The summed E-state index contributed by atoms with van der Waals surface area (Å²) in [6.07, 6.45) is 5.37. The van der Waals surface area contributed by atoms with Crippen molar-refractivity contribution in [1.29, 1.82) is 0 Å². The molecule has 0 aliphatic heterocycles. The van der Waals surface area contributed by atoms with Gasteiger partial charge in [0.05, 0.1) is 6.26 Å². The summed E-state index contributed by atoms with van der Waals surface area (Å²) in [4.78, 5) is 3.01. The lowest BCUT2D eigenvalue weighted by Crippen LogP contribution is -1.77. The van der Waals surface area contributed by atoms with Crippen LogP contribution >= 0.6 is 0 Å². The van der Waals surface area contributed by atoms with Crippen LogP contribution in [-0.4, -0.2) is 10.1 Å². The van der Waals surface area contributed by atoms with Crippen LogP contribution < -0.4 is 0 Å². The maximum Gasteiger partial charge on any atom is 0.0755 e. The molecule has 1 rings (SSSR count). The SMILES string of the molecule is OC=CCc1ccc[nH]1. The zero-order valence-electron chi connectivity index (χ0n) is 5.04. The number of hydrogen-bond acceptors (Lipinski definition) is 1. The predicted octanol–water partition coefficient (Wildman–Crippen LogP) is 1.63. The van der Waals surface area contributed by atoms with Gasteiger partial charge in [-0.1, -0.05) is 0 Å². The number of aliphatic hydroxyl groups is 1. The van der Waals surface area contributed by atoms with Gasteiger partial charge in [0.15, 0.2) is 0 Å². The topological polar surface area (TPSA) is 36.0 Å². The van der Waals surface area contributed by atoms with Crippen LogP contribution in [0.1, 0.15) is 5.69 Å². The molecule has 0 bridgehead atoms. The Morgan fingerprint density at radius 1 is 1.67 bits per heavy atom. The van der Waals surface area contributed by atoms with Crippen molar-refractivity contribution in [2.45, 2.75) is 6.42 Å². The average Bonchev–Trinajstić information content (AvgIpc) is 2.34. The minimum Gasteiger partial charge on any atom is -0.516 e. The standard InChI is InChI=1S/C7H9NO/c9-6-2-4-7-3-1-5-8-7/h1-3,5-6,8-9H,4H2. The summed E-state index contributed by atoms with van der Waals surface area (Å²) in [5, 5.41) is 8.27. The van der Waals surface area contributed by atoms with Gasteiger partial charge < -0.3 is 10.1 Å². The number of rotatable bonds is 2. The molecule has 0 aromatic carbocycles. The highest BCUT2D eigenvalue weighted by Gasteiger charge is 1.84. The number of aromatic nitrogens is 1. The van der Waals surface area contributed by atoms with Crippen LogP contribution in [0.3, 0.4) is 0 Å². The van der Waals surface area contributed by atoms with Crippen molar-refractivity contribution in [3.63, 3.8) is 0 Å². The third-order valence-electron chi connectivity index (χ3n) is 1.11. The fourth-order valence-electron chi connectivity index (χ4n) is 0.674. The maximum atomic E-state index is 8.27. The molecule has 0 atom stereocenters. The molecule has 0 aliphatic rings. The van der Waals surface area contributed by atoms with Crippen LogP contribution in [0.15, 0.2) is 30.7 Å². The van der Waals surface area contributed by atoms with Crippen molar-refractivity contribution in [3.05, 3.63) is 36.4 Å². The molecule has 0 aliphatic carbocycles. The summed E-state index contributed by atoms with van der Waals surface area (Å²) in [5.74, 6) is 0. The second-order valence-corrected chi connectivity index (χ2v) is 1.78. The molecule has 1 aromatic rings. The van der Waals surface area contributed by atoms with E-state index in [0.717, 1.165) is 18.4 Å². The van der Waals surface area contributed by atoms with E-state index in [0.29, 0.717) is 0 Å². The smallest absolute Gasteiger partial charge is 0.0755 e. The van der Waals surface area contributed by atoms with Crippen LogP contribution in [-0.2, 0) is 6.42 Å². The maximum absolute atomic E-state index is 8.27. The lowest BCUT2D eigenvalue weighted by atomic mass is 10.3. The molecule has 0 saturated heterocycles. The lowest BCUT2D eigenvalue weighted by molar-refractivity contribution is 0.471. The van der Waals surface area contributed by atoms with E-state index in [1.54, 1.807) is 6.08 Å². The Morgan fingerprint density at radius 2 is 2.56 bits per heavy atom. The van der Waals surface area contributed by atoms with Gasteiger partial charge in [-0.2, -0.15) is 0 Å². The first-order valence-corrected chi connectivity index (χ1v) is 2.85. The minimum absolute atomic E-state index is 0.767. The number of aliphatic hydroxyl groups excluding tert-OH is 1. The summed E-state index contributed by atoms with van der Waals surface area (Å²) in [5.41, 5.74) is 1.11. The summed E-state index contributed by atoms with van der Waals surface area (Å²) in [6.45, 7) is 0. The molecule has 0 radical (unpaired) electrons. The van der Waals surface area contributed by atoms with E-state index < -0.39 is 0 Å². The summed E-state index contributed by atoms with van der Waals surface area (Å²) < 4.78 is 0. The fourth-order valence-corrected chi connectivity index (χ4v) is 0.674. The van der Waals surface area contributed by atoms with Gasteiger partial charge in [-0.3, -0.25) is 0 Å². The first-order valence-electron chi connectivity index (χ1n) is 2.85.